The Morgan fingerprint density at radius 1 is 1.11 bits per heavy atom. The first-order valence-electron chi connectivity index (χ1n) is 6.87. The Bertz CT molecular complexity index is 627. The van der Waals surface area contributed by atoms with Crippen molar-refractivity contribution in [3.05, 3.63) is 53.5 Å². The van der Waals surface area contributed by atoms with Gasteiger partial charge >= 0.3 is 0 Å². The first-order valence-corrected chi connectivity index (χ1v) is 6.87. The molecule has 96 valence electrons. The van der Waals surface area contributed by atoms with Crippen molar-refractivity contribution in [1.29, 1.82) is 0 Å². The van der Waals surface area contributed by atoms with Crippen molar-refractivity contribution < 1.29 is 0 Å². The average Bonchev–Trinajstić information content (AvgIpc) is 2.93. The Labute approximate surface area is 112 Å². The summed E-state index contributed by atoms with van der Waals surface area (Å²) in [5.74, 6) is 0.870. The maximum absolute atomic E-state index is 4.41. The molecule has 0 bridgehead atoms. The third-order valence-corrected chi connectivity index (χ3v) is 4.04. The lowest BCUT2D eigenvalue weighted by Crippen LogP contribution is -2.27. The largest absolute Gasteiger partial charge is 0.328 e. The zero-order valence-corrected chi connectivity index (χ0v) is 10.7. The van der Waals surface area contributed by atoms with E-state index in [1.54, 1.807) is 6.33 Å². The van der Waals surface area contributed by atoms with Gasteiger partial charge in [0.05, 0.1) is 0 Å². The molecule has 4 heteroatoms. The van der Waals surface area contributed by atoms with E-state index in [1.165, 1.54) is 29.7 Å². The van der Waals surface area contributed by atoms with Crippen molar-refractivity contribution in [3.63, 3.8) is 0 Å². The van der Waals surface area contributed by atoms with Gasteiger partial charge in [0.25, 0.3) is 0 Å². The molecule has 1 aliphatic heterocycles. The number of benzene rings is 1. The fraction of sp³-hybridized carbons (Fsp3) is 0.333. The standard InChI is InChI=1S/C15H16N4/c1-2-6-11(7-3-1)14-12-8-4-5-9-13(12)18-15-16-10-17-19(14)15/h1-3,6-7,10,14H,4-5,8-9H2,(H,16,17,18)/t14-/m1/s1. The molecule has 0 radical (unpaired) electrons. The molecule has 2 aliphatic rings. The molecule has 0 fully saturated rings. The Kier molecular flexibility index (Phi) is 2.40. The topological polar surface area (TPSA) is 42.7 Å². The van der Waals surface area contributed by atoms with E-state index in [-0.39, 0.29) is 6.04 Å². The number of allylic oxidation sites excluding steroid dienone is 2. The molecule has 4 rings (SSSR count). The maximum atomic E-state index is 4.41. The SMILES string of the molecule is c1ccc([C@@H]2C3=C(CCCC3)Nc3ncnn32)cc1. The van der Waals surface area contributed by atoms with Crippen LogP contribution in [0.3, 0.4) is 0 Å². The number of hydrogen-bond donors (Lipinski definition) is 1. The summed E-state index contributed by atoms with van der Waals surface area (Å²) in [7, 11) is 0. The zero-order valence-electron chi connectivity index (χ0n) is 10.7. The minimum absolute atomic E-state index is 0.218. The van der Waals surface area contributed by atoms with Crippen molar-refractivity contribution in [2.75, 3.05) is 5.32 Å². The van der Waals surface area contributed by atoms with Crippen LogP contribution < -0.4 is 5.32 Å². The van der Waals surface area contributed by atoms with E-state index < -0.39 is 0 Å². The fourth-order valence-corrected chi connectivity index (χ4v) is 3.16. The van der Waals surface area contributed by atoms with Crippen molar-refractivity contribution in [3.8, 4) is 0 Å². The highest BCUT2D eigenvalue weighted by Gasteiger charge is 2.31. The minimum atomic E-state index is 0.218. The van der Waals surface area contributed by atoms with Gasteiger partial charge in [-0.2, -0.15) is 10.1 Å². The monoisotopic (exact) mass is 252 g/mol. The summed E-state index contributed by atoms with van der Waals surface area (Å²) in [6.45, 7) is 0. The smallest absolute Gasteiger partial charge is 0.226 e. The molecule has 19 heavy (non-hydrogen) atoms. The first kappa shape index (κ1) is 10.8. The number of anilines is 1. The van der Waals surface area contributed by atoms with Gasteiger partial charge in [-0.05, 0) is 36.8 Å². The molecule has 1 aromatic heterocycles. The van der Waals surface area contributed by atoms with Crippen LogP contribution in [0.2, 0.25) is 0 Å². The van der Waals surface area contributed by atoms with Gasteiger partial charge in [0.2, 0.25) is 5.95 Å². The molecule has 1 aromatic carbocycles. The van der Waals surface area contributed by atoms with Crippen molar-refractivity contribution >= 4 is 5.95 Å². The van der Waals surface area contributed by atoms with E-state index in [1.807, 2.05) is 4.68 Å². The quantitative estimate of drug-likeness (QED) is 0.848. The molecular formula is C15H16N4. The number of nitrogens with one attached hydrogen (secondary N) is 1. The van der Waals surface area contributed by atoms with Gasteiger partial charge in [0.15, 0.2) is 0 Å². The van der Waals surface area contributed by atoms with Crippen molar-refractivity contribution in [2.24, 2.45) is 0 Å². The summed E-state index contributed by atoms with van der Waals surface area (Å²) in [6, 6.07) is 10.8. The second kappa shape index (κ2) is 4.23. The number of rotatable bonds is 1. The summed E-state index contributed by atoms with van der Waals surface area (Å²) >= 11 is 0. The first-order chi connectivity index (χ1) is 9.43. The van der Waals surface area contributed by atoms with Gasteiger partial charge < -0.3 is 5.32 Å². The lowest BCUT2D eigenvalue weighted by atomic mass is 9.86. The van der Waals surface area contributed by atoms with Gasteiger partial charge in [-0.1, -0.05) is 30.3 Å². The number of nitrogens with zero attached hydrogens (tertiary/aromatic N) is 3. The minimum Gasteiger partial charge on any atom is -0.328 e. The lowest BCUT2D eigenvalue weighted by molar-refractivity contribution is 0.517. The predicted molar refractivity (Wildman–Crippen MR) is 73.7 cm³/mol. The second-order valence-corrected chi connectivity index (χ2v) is 5.18. The van der Waals surface area contributed by atoms with Crippen LogP contribution in [0, 0.1) is 0 Å². The molecule has 0 saturated heterocycles. The maximum Gasteiger partial charge on any atom is 0.226 e. The fourth-order valence-electron chi connectivity index (χ4n) is 3.16. The second-order valence-electron chi connectivity index (χ2n) is 5.18. The molecule has 1 aliphatic carbocycles. The molecule has 4 nitrogen and oxygen atoms in total. The van der Waals surface area contributed by atoms with Crippen LogP contribution in [0.15, 0.2) is 47.9 Å². The van der Waals surface area contributed by atoms with Crippen LogP contribution in [0.5, 0.6) is 0 Å². The van der Waals surface area contributed by atoms with Gasteiger partial charge in [0.1, 0.15) is 12.4 Å². The van der Waals surface area contributed by atoms with Gasteiger partial charge in [0, 0.05) is 5.70 Å². The third kappa shape index (κ3) is 1.67. The highest BCUT2D eigenvalue weighted by atomic mass is 15.4. The summed E-state index contributed by atoms with van der Waals surface area (Å²) in [6.07, 6.45) is 6.46. The van der Waals surface area contributed by atoms with Crippen LogP contribution in [0.1, 0.15) is 37.3 Å². The molecule has 0 unspecified atom stereocenters. The Morgan fingerprint density at radius 3 is 2.84 bits per heavy atom. The highest BCUT2D eigenvalue weighted by molar-refractivity contribution is 5.47. The summed E-state index contributed by atoms with van der Waals surface area (Å²) in [5.41, 5.74) is 4.14. The highest BCUT2D eigenvalue weighted by Crippen LogP contribution is 2.40. The normalized spacial score (nSPS) is 21.6. The van der Waals surface area contributed by atoms with Gasteiger partial charge in [-0.25, -0.2) is 4.68 Å². The van der Waals surface area contributed by atoms with Gasteiger partial charge in [-0.15, -0.1) is 0 Å². The van der Waals surface area contributed by atoms with Crippen molar-refractivity contribution in [2.45, 2.75) is 31.7 Å². The van der Waals surface area contributed by atoms with E-state index in [0.29, 0.717) is 0 Å². The molecular weight excluding hydrogens is 236 g/mol. The molecule has 2 heterocycles. The predicted octanol–water partition coefficient (Wildman–Crippen LogP) is 3.12. The van der Waals surface area contributed by atoms with Crippen molar-refractivity contribution in [1.82, 2.24) is 14.8 Å². The third-order valence-electron chi connectivity index (χ3n) is 4.04. The zero-order chi connectivity index (χ0) is 12.7. The number of hydrogen-bond acceptors (Lipinski definition) is 3. The van der Waals surface area contributed by atoms with Crippen LogP contribution in [0.4, 0.5) is 5.95 Å². The molecule has 2 aromatic rings. The Balaban J connectivity index is 1.88. The van der Waals surface area contributed by atoms with Gasteiger partial charge in [-0.3, -0.25) is 0 Å². The van der Waals surface area contributed by atoms with E-state index in [9.17, 15) is 0 Å². The number of aromatic nitrogens is 3. The average molecular weight is 252 g/mol. The van der Waals surface area contributed by atoms with E-state index in [4.69, 9.17) is 0 Å². The van der Waals surface area contributed by atoms with Crippen LogP contribution >= 0.6 is 0 Å². The Morgan fingerprint density at radius 2 is 1.95 bits per heavy atom. The molecule has 0 saturated carbocycles. The molecule has 0 amide bonds. The molecule has 1 N–H and O–H groups in total. The molecule has 0 spiro atoms. The van der Waals surface area contributed by atoms with E-state index in [2.05, 4.69) is 45.7 Å². The van der Waals surface area contributed by atoms with E-state index in [0.717, 1.165) is 18.8 Å². The van der Waals surface area contributed by atoms with Crippen LogP contribution in [-0.4, -0.2) is 14.8 Å². The summed E-state index contributed by atoms with van der Waals surface area (Å²) in [4.78, 5) is 4.33. The van der Waals surface area contributed by atoms with E-state index >= 15 is 0 Å². The number of fused-ring (bicyclic) bond motifs is 1. The lowest BCUT2D eigenvalue weighted by Gasteiger charge is -2.33. The summed E-state index contributed by atoms with van der Waals surface area (Å²) in [5, 5.41) is 7.86. The van der Waals surface area contributed by atoms with Crippen LogP contribution in [-0.2, 0) is 0 Å². The van der Waals surface area contributed by atoms with Crippen LogP contribution in [0.25, 0.3) is 0 Å². The molecule has 1 atom stereocenters. The Hall–Kier alpha value is -2.10. The summed E-state index contributed by atoms with van der Waals surface area (Å²) < 4.78 is 2.01.